The van der Waals surface area contributed by atoms with E-state index in [-0.39, 0.29) is 0 Å². The molecule has 0 fully saturated rings. The van der Waals surface area contributed by atoms with E-state index in [9.17, 15) is 0 Å². The highest BCUT2D eigenvalue weighted by Crippen LogP contribution is 2.01. The molecule has 0 aliphatic rings. The lowest BCUT2D eigenvalue weighted by Crippen LogP contribution is -2.36. The fraction of sp³-hybridized carbons (Fsp3) is 0.778. The molecule has 0 amide bonds. The first kappa shape index (κ1) is 13.3. The normalized spacial score (nSPS) is 9.36. The molecule has 0 aromatic rings. The Balaban J connectivity index is 5.00. The van der Waals surface area contributed by atoms with Crippen LogP contribution < -0.4 is 0 Å². The summed E-state index contributed by atoms with van der Waals surface area (Å²) in [5.41, 5.74) is 0. The molecule has 5 heteroatoms. The molecule has 0 N–H and O–H groups in total. The lowest BCUT2D eigenvalue weighted by atomic mass is 10.7. The van der Waals surface area contributed by atoms with Gasteiger partial charge in [-0.25, -0.2) is 0 Å². The van der Waals surface area contributed by atoms with Crippen molar-refractivity contribution in [3.8, 4) is 0 Å². The quantitative estimate of drug-likeness (QED) is 0.334. The number of hydrogen-bond donors (Lipinski definition) is 0. The van der Waals surface area contributed by atoms with Crippen molar-refractivity contribution in [1.29, 1.82) is 0 Å². The molecule has 0 radical (unpaired) electrons. The lowest BCUT2D eigenvalue weighted by molar-refractivity contribution is -0.462. The Hall–Kier alpha value is -0.710. The lowest BCUT2D eigenvalue weighted by Gasteiger charge is -2.17. The zero-order chi connectivity index (χ0) is 11.3. The van der Waals surface area contributed by atoms with Gasteiger partial charge in [0.1, 0.15) is 0 Å². The Morgan fingerprint density at radius 1 is 1.07 bits per heavy atom. The molecular weight excluding hydrogens is 196 g/mol. The average Bonchev–Trinajstić information content (AvgIpc) is 2.03. The maximum atomic E-state index is 4.57. The van der Waals surface area contributed by atoms with E-state index in [2.05, 4.69) is 4.99 Å². The van der Waals surface area contributed by atoms with E-state index >= 15 is 0 Å². The molecule has 0 aliphatic heterocycles. The summed E-state index contributed by atoms with van der Waals surface area (Å²) < 4.78 is 2.01. The highest BCUT2D eigenvalue weighted by Gasteiger charge is 2.15. The predicted molar refractivity (Wildman–Crippen MR) is 65.4 cm³/mol. The van der Waals surface area contributed by atoms with Crippen LogP contribution in [-0.4, -0.2) is 74.0 Å². The van der Waals surface area contributed by atoms with Crippen LogP contribution in [0.3, 0.4) is 0 Å². The maximum Gasteiger partial charge on any atom is 0.358 e. The van der Waals surface area contributed by atoms with Crippen LogP contribution in [0.4, 0.5) is 0 Å². The number of hydrogen-bond acceptors (Lipinski definition) is 1. The van der Waals surface area contributed by atoms with E-state index in [0.29, 0.717) is 0 Å². The Morgan fingerprint density at radius 2 is 1.50 bits per heavy atom. The number of guanidine groups is 1. The first-order valence-corrected chi connectivity index (χ1v) is 5.64. The third-order valence-electron chi connectivity index (χ3n) is 1.56. The summed E-state index contributed by atoms with van der Waals surface area (Å²) in [6.07, 6.45) is 2.03. The maximum absolute atomic E-state index is 4.57. The average molecular weight is 217 g/mol. The summed E-state index contributed by atoms with van der Waals surface area (Å²) in [6.45, 7) is 0. The largest absolute Gasteiger partial charge is 0.358 e. The van der Waals surface area contributed by atoms with Crippen LogP contribution in [0.1, 0.15) is 0 Å². The molecule has 0 heterocycles. The molecule has 0 aliphatic carbocycles. The van der Waals surface area contributed by atoms with E-state index in [1.165, 1.54) is 0 Å². The Labute approximate surface area is 91.3 Å². The minimum absolute atomic E-state index is 0.947. The molecule has 0 saturated carbocycles. The van der Waals surface area contributed by atoms with E-state index in [0.717, 1.165) is 11.1 Å². The van der Waals surface area contributed by atoms with E-state index in [4.69, 9.17) is 0 Å². The van der Waals surface area contributed by atoms with E-state index in [1.54, 1.807) is 11.8 Å². The minimum Gasteiger partial charge on any atom is -0.327 e. The Bertz CT molecular complexity index is 229. The van der Waals surface area contributed by atoms with Gasteiger partial charge in [0.25, 0.3) is 0 Å². The molecule has 4 nitrogen and oxygen atoms in total. The van der Waals surface area contributed by atoms with Gasteiger partial charge in [0.2, 0.25) is 0 Å². The number of nitrogens with zero attached hydrogens (tertiary/aromatic N) is 4. The smallest absolute Gasteiger partial charge is 0.327 e. The van der Waals surface area contributed by atoms with E-state index < -0.39 is 0 Å². The van der Waals surface area contributed by atoms with E-state index in [1.807, 2.05) is 62.9 Å². The topological polar surface area (TPSA) is 21.9 Å². The highest BCUT2D eigenvalue weighted by atomic mass is 32.2. The number of thioether (sulfide) groups is 1. The molecule has 0 spiro atoms. The monoisotopic (exact) mass is 217 g/mol. The molecule has 0 aromatic heterocycles. The second kappa shape index (κ2) is 5.90. The van der Waals surface area contributed by atoms with Gasteiger partial charge >= 0.3 is 11.1 Å². The van der Waals surface area contributed by atoms with Crippen LogP contribution in [0.2, 0.25) is 0 Å². The van der Waals surface area contributed by atoms with Gasteiger partial charge in [-0.15, -0.1) is 0 Å². The summed E-state index contributed by atoms with van der Waals surface area (Å²) in [5, 5.41) is 1.00. The fourth-order valence-electron chi connectivity index (χ4n) is 1.01. The summed E-state index contributed by atoms with van der Waals surface area (Å²) in [6, 6.07) is 0. The van der Waals surface area contributed by atoms with Gasteiger partial charge in [0.15, 0.2) is 0 Å². The van der Waals surface area contributed by atoms with Crippen LogP contribution in [0, 0.1) is 0 Å². The molecule has 0 aromatic carbocycles. The summed E-state index contributed by atoms with van der Waals surface area (Å²) >= 11 is 1.64. The predicted octanol–water partition coefficient (Wildman–Crippen LogP) is 0.457. The molecule has 0 saturated heterocycles. The Kier molecular flexibility index (Phi) is 5.60. The third-order valence-corrected chi connectivity index (χ3v) is 2.38. The third kappa shape index (κ3) is 4.00. The van der Waals surface area contributed by atoms with Crippen LogP contribution in [0.25, 0.3) is 0 Å². The van der Waals surface area contributed by atoms with Crippen LogP contribution in [-0.2, 0) is 0 Å². The van der Waals surface area contributed by atoms with Gasteiger partial charge in [-0.05, 0) is 18.0 Å². The van der Waals surface area contributed by atoms with Crippen molar-refractivity contribution in [3.05, 3.63) is 0 Å². The standard InChI is InChI=1S/C9H21N4S/c1-11(2)8(12(3)4)10-9(14-7)13(5)6/h1-7H3/q+1. The molecule has 82 valence electrons. The van der Waals surface area contributed by atoms with Gasteiger partial charge in [-0.1, -0.05) is 0 Å². The van der Waals surface area contributed by atoms with Gasteiger partial charge in [0.05, 0.1) is 14.1 Å². The number of rotatable bonds is 0. The second-order valence-corrected chi connectivity index (χ2v) is 4.36. The SMILES string of the molecule is CSC(N=C(N(C)C)N(C)C)=[N+](C)C. The highest BCUT2D eigenvalue weighted by molar-refractivity contribution is 8.13. The summed E-state index contributed by atoms with van der Waals surface area (Å²) in [4.78, 5) is 8.57. The van der Waals surface area contributed by atoms with Crippen LogP contribution >= 0.6 is 11.8 Å². The first-order chi connectivity index (χ1) is 6.40. The molecule has 0 rings (SSSR count). The van der Waals surface area contributed by atoms with Gasteiger partial charge in [-0.2, -0.15) is 0 Å². The van der Waals surface area contributed by atoms with Crippen molar-refractivity contribution in [1.82, 2.24) is 9.80 Å². The van der Waals surface area contributed by atoms with Gasteiger partial charge in [0, 0.05) is 33.2 Å². The van der Waals surface area contributed by atoms with Crippen molar-refractivity contribution in [2.45, 2.75) is 0 Å². The van der Waals surface area contributed by atoms with Crippen molar-refractivity contribution in [2.24, 2.45) is 4.99 Å². The zero-order valence-corrected chi connectivity index (χ0v) is 11.0. The number of aliphatic imine (C=N–C) groups is 1. The van der Waals surface area contributed by atoms with Crippen molar-refractivity contribution in [3.63, 3.8) is 0 Å². The zero-order valence-electron chi connectivity index (χ0n) is 10.2. The second-order valence-electron chi connectivity index (χ2n) is 3.58. The molecular formula is C9H21N4S+. The van der Waals surface area contributed by atoms with Crippen molar-refractivity contribution < 1.29 is 4.58 Å². The fourth-order valence-corrected chi connectivity index (χ4v) is 1.55. The molecule has 0 atom stereocenters. The molecule has 14 heavy (non-hydrogen) atoms. The molecule has 0 unspecified atom stereocenters. The minimum atomic E-state index is 0.947. The number of amidine groups is 1. The molecule has 0 bridgehead atoms. The first-order valence-electron chi connectivity index (χ1n) is 4.41. The Morgan fingerprint density at radius 3 is 1.71 bits per heavy atom. The van der Waals surface area contributed by atoms with Crippen LogP contribution in [0.5, 0.6) is 0 Å². The summed E-state index contributed by atoms with van der Waals surface area (Å²) in [5.74, 6) is 0.947. The van der Waals surface area contributed by atoms with Crippen molar-refractivity contribution in [2.75, 3.05) is 48.5 Å². The van der Waals surface area contributed by atoms with Crippen LogP contribution in [0.15, 0.2) is 4.99 Å². The van der Waals surface area contributed by atoms with Gasteiger partial charge < -0.3 is 9.80 Å². The summed E-state index contributed by atoms with van der Waals surface area (Å²) in [7, 11) is 12.0. The van der Waals surface area contributed by atoms with Crippen molar-refractivity contribution >= 4 is 22.9 Å². The van der Waals surface area contributed by atoms with Gasteiger partial charge in [-0.3, -0.25) is 4.58 Å².